The molecule has 3 aromatic carbocycles. The summed E-state index contributed by atoms with van der Waals surface area (Å²) in [5, 5.41) is 16.2. The first kappa shape index (κ1) is 43.1. The second-order valence-electron chi connectivity index (χ2n) is 16.4. The fraction of sp³-hybridized carbons (Fsp3) is 0.457. The fourth-order valence-corrected chi connectivity index (χ4v) is 8.07. The van der Waals surface area contributed by atoms with Crippen LogP contribution >= 0.6 is 11.6 Å². The van der Waals surface area contributed by atoms with Crippen LogP contribution in [0.4, 0.5) is 8.78 Å². The number of aromatic nitrogens is 3. The summed E-state index contributed by atoms with van der Waals surface area (Å²) in [4.78, 5) is 51.7. The Balaban J connectivity index is 0.000000706. The number of aliphatic hydroxyl groups is 1. The summed E-state index contributed by atoms with van der Waals surface area (Å²) in [5.41, 5.74) is 2.56. The molecule has 2 aliphatic heterocycles. The Hall–Kier alpha value is -4.98. The highest BCUT2D eigenvalue weighted by molar-refractivity contribution is 6.35. The Morgan fingerprint density at radius 2 is 1.70 bits per heavy atom. The van der Waals surface area contributed by atoms with Gasteiger partial charge in [0.2, 0.25) is 5.91 Å². The summed E-state index contributed by atoms with van der Waals surface area (Å²) in [6.07, 6.45) is 6.41. The molecule has 14 heteroatoms. The number of halogens is 3. The standard InChI is InChI=1S/C39H45ClF2N6O5.C7H8/c40-31-22-32(26-5-6-26)45-34-20-27(7-9-29(31)34)36(50)43-14-2-1-4-35(49)47-17-11-38(52,12-18-47)23-48-25-44-33-21-28(8-10-30(33)37(48)51)53-19-3-15-46-16-13-39(41,42)24-46;1-7-5-3-2-4-6-7/h7-10,20-22,25-26,52H,1-6,11-19,23-24H2,(H,43,50);2-6H,1H3. The van der Waals surface area contributed by atoms with Crippen molar-refractivity contribution in [2.24, 2.45) is 0 Å². The normalized spacial score (nSPS) is 17.3. The molecule has 4 heterocycles. The van der Waals surface area contributed by atoms with Gasteiger partial charge in [-0.3, -0.25) is 28.8 Å². The maximum atomic E-state index is 13.4. The molecular formula is C46H53ClF2N6O5. The Kier molecular flexibility index (Phi) is 13.8. The van der Waals surface area contributed by atoms with E-state index in [0.717, 1.165) is 23.9 Å². The lowest BCUT2D eigenvalue weighted by atomic mass is 9.91. The highest BCUT2D eigenvalue weighted by atomic mass is 35.5. The molecule has 3 aliphatic rings. The Morgan fingerprint density at radius 3 is 2.40 bits per heavy atom. The van der Waals surface area contributed by atoms with Gasteiger partial charge in [-0.25, -0.2) is 13.8 Å². The van der Waals surface area contributed by atoms with Crippen molar-refractivity contribution in [3.05, 3.63) is 111 Å². The van der Waals surface area contributed by atoms with E-state index in [1.54, 1.807) is 40.1 Å². The lowest BCUT2D eigenvalue weighted by Gasteiger charge is -2.38. The smallest absolute Gasteiger partial charge is 0.261 e. The van der Waals surface area contributed by atoms with Crippen LogP contribution < -0.4 is 15.6 Å². The SMILES string of the molecule is Cc1ccccc1.O=C(NCCCCC(=O)N1CCC(O)(Cn2cnc3cc(OCCCN4CCC(F)(F)C4)ccc3c2=O)CC1)c1ccc2c(Cl)cc(C3CC3)nc2c1. The van der Waals surface area contributed by atoms with Crippen LogP contribution in [0.5, 0.6) is 5.75 Å². The summed E-state index contributed by atoms with van der Waals surface area (Å²) in [6, 6.07) is 22.6. The van der Waals surface area contributed by atoms with Gasteiger partial charge in [0.15, 0.2) is 0 Å². The molecule has 0 atom stereocenters. The Labute approximate surface area is 353 Å². The molecule has 2 saturated heterocycles. The van der Waals surface area contributed by atoms with Gasteiger partial charge in [0.1, 0.15) is 5.75 Å². The summed E-state index contributed by atoms with van der Waals surface area (Å²) in [6.45, 7) is 4.42. The van der Waals surface area contributed by atoms with Crippen LogP contribution in [-0.4, -0.2) is 98.7 Å². The van der Waals surface area contributed by atoms with Gasteiger partial charge in [-0.2, -0.15) is 0 Å². The summed E-state index contributed by atoms with van der Waals surface area (Å²) in [7, 11) is 0. The van der Waals surface area contributed by atoms with Gasteiger partial charge in [-0.1, -0.05) is 53.6 Å². The number of ether oxygens (including phenoxy) is 1. The lowest BCUT2D eigenvalue weighted by molar-refractivity contribution is -0.136. The van der Waals surface area contributed by atoms with Crippen LogP contribution in [0.1, 0.15) is 85.3 Å². The van der Waals surface area contributed by atoms with Crippen molar-refractivity contribution in [3.8, 4) is 5.75 Å². The van der Waals surface area contributed by atoms with E-state index in [2.05, 4.69) is 29.4 Å². The zero-order valence-corrected chi connectivity index (χ0v) is 34.8. The number of benzene rings is 3. The van der Waals surface area contributed by atoms with Gasteiger partial charge in [-0.15, -0.1) is 0 Å². The third-order valence-corrected chi connectivity index (χ3v) is 11.8. The quantitative estimate of drug-likeness (QED) is 0.110. The molecule has 0 radical (unpaired) electrons. The number of pyridine rings is 1. The number of fused-ring (bicyclic) bond motifs is 2. The van der Waals surface area contributed by atoms with E-state index in [0.29, 0.717) is 117 Å². The summed E-state index contributed by atoms with van der Waals surface area (Å²) >= 11 is 6.46. The van der Waals surface area contributed by atoms with Crippen molar-refractivity contribution >= 4 is 45.2 Å². The number of carbonyl (C=O) groups is 2. The summed E-state index contributed by atoms with van der Waals surface area (Å²) in [5.74, 6) is -1.80. The molecule has 2 aromatic heterocycles. The van der Waals surface area contributed by atoms with Crippen molar-refractivity contribution < 1.29 is 28.2 Å². The van der Waals surface area contributed by atoms with Gasteiger partial charge in [-0.05, 0) is 82.2 Å². The molecule has 0 spiro atoms. The van der Waals surface area contributed by atoms with E-state index in [1.807, 2.05) is 30.3 Å². The van der Waals surface area contributed by atoms with E-state index in [4.69, 9.17) is 21.3 Å². The van der Waals surface area contributed by atoms with Crippen molar-refractivity contribution in [2.75, 3.05) is 45.9 Å². The van der Waals surface area contributed by atoms with Gasteiger partial charge < -0.3 is 20.1 Å². The van der Waals surface area contributed by atoms with Crippen LogP contribution in [0.2, 0.25) is 5.02 Å². The maximum Gasteiger partial charge on any atom is 0.261 e. The van der Waals surface area contributed by atoms with Crippen LogP contribution in [0.25, 0.3) is 21.8 Å². The van der Waals surface area contributed by atoms with Crippen LogP contribution in [0.3, 0.4) is 0 Å². The molecule has 60 heavy (non-hydrogen) atoms. The Morgan fingerprint density at radius 1 is 0.933 bits per heavy atom. The molecule has 1 aliphatic carbocycles. The van der Waals surface area contributed by atoms with Crippen LogP contribution in [0.15, 0.2) is 83.9 Å². The molecule has 2 amide bonds. The number of aryl methyl sites for hydroxylation is 1. The average molecular weight is 843 g/mol. The third-order valence-electron chi connectivity index (χ3n) is 11.5. The number of amides is 2. The Bertz CT molecular complexity index is 2350. The predicted octanol–water partition coefficient (Wildman–Crippen LogP) is 7.53. The molecule has 11 nitrogen and oxygen atoms in total. The average Bonchev–Trinajstić information content (AvgIpc) is 4.03. The predicted molar refractivity (Wildman–Crippen MR) is 229 cm³/mol. The van der Waals surface area contributed by atoms with E-state index >= 15 is 0 Å². The minimum atomic E-state index is -2.61. The lowest BCUT2D eigenvalue weighted by Crippen LogP contribution is -2.49. The van der Waals surface area contributed by atoms with Crippen LogP contribution in [0, 0.1) is 6.92 Å². The van der Waals surface area contributed by atoms with E-state index < -0.39 is 11.5 Å². The first-order chi connectivity index (χ1) is 28.8. The number of piperidine rings is 1. The second kappa shape index (κ2) is 19.2. The van der Waals surface area contributed by atoms with Gasteiger partial charge >= 0.3 is 0 Å². The number of hydrogen-bond donors (Lipinski definition) is 2. The van der Waals surface area contributed by atoms with E-state index in [9.17, 15) is 28.3 Å². The minimum Gasteiger partial charge on any atom is -0.493 e. The van der Waals surface area contributed by atoms with Crippen LogP contribution in [-0.2, 0) is 11.3 Å². The number of unbranched alkanes of at least 4 members (excludes halogenated alkanes) is 1. The number of nitrogens with zero attached hydrogens (tertiary/aromatic N) is 5. The van der Waals surface area contributed by atoms with Gasteiger partial charge in [0.05, 0.1) is 53.1 Å². The first-order valence-electron chi connectivity index (χ1n) is 21.0. The molecule has 1 saturated carbocycles. The molecule has 318 valence electrons. The third kappa shape index (κ3) is 11.4. The van der Waals surface area contributed by atoms with E-state index in [-0.39, 0.29) is 36.9 Å². The monoisotopic (exact) mass is 842 g/mol. The highest BCUT2D eigenvalue weighted by Gasteiger charge is 2.38. The number of carbonyl (C=O) groups excluding carboxylic acids is 2. The first-order valence-corrected chi connectivity index (χ1v) is 21.3. The second-order valence-corrected chi connectivity index (χ2v) is 16.9. The van der Waals surface area contributed by atoms with Crippen molar-refractivity contribution in [1.82, 2.24) is 29.7 Å². The van der Waals surface area contributed by atoms with Gasteiger partial charge in [0, 0.05) is 74.2 Å². The van der Waals surface area contributed by atoms with Crippen molar-refractivity contribution in [2.45, 2.75) is 88.7 Å². The fourth-order valence-electron chi connectivity index (χ4n) is 7.80. The molecule has 3 fully saturated rings. The molecule has 5 aromatic rings. The molecule has 0 bridgehead atoms. The van der Waals surface area contributed by atoms with Crippen molar-refractivity contribution in [1.29, 1.82) is 0 Å². The molecular weight excluding hydrogens is 790 g/mol. The zero-order chi connectivity index (χ0) is 42.3. The number of hydrogen-bond acceptors (Lipinski definition) is 8. The zero-order valence-electron chi connectivity index (χ0n) is 34.1. The van der Waals surface area contributed by atoms with Crippen molar-refractivity contribution in [3.63, 3.8) is 0 Å². The highest BCUT2D eigenvalue weighted by Crippen LogP contribution is 2.41. The summed E-state index contributed by atoms with van der Waals surface area (Å²) < 4.78 is 34.0. The molecule has 2 N–H and O–H groups in total. The number of alkyl halides is 2. The molecule has 8 rings (SSSR count). The topological polar surface area (TPSA) is 130 Å². The molecule has 0 unspecified atom stereocenters. The van der Waals surface area contributed by atoms with Gasteiger partial charge in [0.25, 0.3) is 17.4 Å². The van der Waals surface area contributed by atoms with E-state index in [1.165, 1.54) is 16.5 Å². The maximum absolute atomic E-state index is 13.4. The number of rotatable bonds is 14. The minimum absolute atomic E-state index is 0.00230. The number of likely N-dealkylation sites (tertiary alicyclic amines) is 2. The largest absolute Gasteiger partial charge is 0.493 e. The number of nitrogens with one attached hydrogen (secondary N) is 1.